The zero-order chi connectivity index (χ0) is 16.1. The smallest absolute Gasteiger partial charge is 0.241 e. The van der Waals surface area contributed by atoms with Gasteiger partial charge in [-0.25, -0.2) is 17.2 Å². The molecule has 1 fully saturated rings. The molecule has 2 heterocycles. The van der Waals surface area contributed by atoms with Gasteiger partial charge in [0.25, 0.3) is 0 Å². The lowest BCUT2D eigenvalue weighted by Crippen LogP contribution is -2.48. The molecule has 0 amide bonds. The molecule has 2 N–H and O–H groups in total. The molecule has 122 valence electrons. The topological polar surface area (TPSA) is 61.4 Å². The van der Waals surface area contributed by atoms with Crippen LogP contribution in [0.1, 0.15) is 25.8 Å². The molecule has 1 saturated heterocycles. The Morgan fingerprint density at radius 2 is 1.73 bits per heavy atom. The molecule has 2 atom stereocenters. The highest BCUT2D eigenvalue weighted by Gasteiger charge is 2.44. The monoisotopic (exact) mass is 331 g/mol. The number of hydrogen-bond donors (Lipinski definition) is 2. The summed E-state index contributed by atoms with van der Waals surface area (Å²) in [5, 5.41) is -0.661. The van der Waals surface area contributed by atoms with E-state index in [2.05, 4.69) is 10.9 Å². The zero-order valence-electron chi connectivity index (χ0n) is 12.4. The maximum absolute atomic E-state index is 13.6. The van der Waals surface area contributed by atoms with Crippen LogP contribution in [0.2, 0.25) is 0 Å². The van der Waals surface area contributed by atoms with Crippen LogP contribution < -0.4 is 15.2 Å². The van der Waals surface area contributed by atoms with Gasteiger partial charge in [0.15, 0.2) is 11.6 Å². The standard InChI is InChI=1S/C14H19F2N3O2S/c1-8-14(9(2)18-17-8)22(20,21)19-5-3-4-10-6-11(15)12(16)7-13(10)19/h6-9,14,17-18H,3-5H2,1-2H3. The maximum atomic E-state index is 13.6. The molecule has 22 heavy (non-hydrogen) atoms. The normalized spacial score (nSPS) is 28.7. The van der Waals surface area contributed by atoms with Crippen molar-refractivity contribution in [1.29, 1.82) is 0 Å². The number of fused-ring (bicyclic) bond motifs is 1. The predicted octanol–water partition coefficient (Wildman–Crippen LogP) is 1.30. The molecule has 0 aromatic heterocycles. The van der Waals surface area contributed by atoms with Crippen molar-refractivity contribution in [1.82, 2.24) is 10.9 Å². The molecule has 0 aliphatic carbocycles. The molecule has 2 unspecified atom stereocenters. The lowest BCUT2D eigenvalue weighted by Gasteiger charge is -2.34. The second-order valence-electron chi connectivity index (χ2n) is 5.95. The number of sulfonamides is 1. The third kappa shape index (κ3) is 2.39. The fourth-order valence-electron chi connectivity index (χ4n) is 3.33. The first-order chi connectivity index (χ1) is 10.3. The Bertz CT molecular complexity index is 686. The molecule has 0 spiro atoms. The van der Waals surface area contributed by atoms with E-state index < -0.39 is 26.9 Å². The van der Waals surface area contributed by atoms with Gasteiger partial charge in [0.05, 0.1) is 5.69 Å². The lowest BCUT2D eigenvalue weighted by atomic mass is 10.0. The van der Waals surface area contributed by atoms with Crippen LogP contribution in [0.3, 0.4) is 0 Å². The van der Waals surface area contributed by atoms with Gasteiger partial charge < -0.3 is 0 Å². The van der Waals surface area contributed by atoms with Crippen LogP contribution in [0.15, 0.2) is 12.1 Å². The van der Waals surface area contributed by atoms with Crippen LogP contribution in [0.5, 0.6) is 0 Å². The average molecular weight is 331 g/mol. The molecule has 8 heteroatoms. The van der Waals surface area contributed by atoms with Crippen molar-refractivity contribution in [3.8, 4) is 0 Å². The minimum Gasteiger partial charge on any atom is -0.270 e. The summed E-state index contributed by atoms with van der Waals surface area (Å²) in [6.45, 7) is 3.86. The highest BCUT2D eigenvalue weighted by Crippen LogP contribution is 2.34. The number of hydrazine groups is 1. The molecular weight excluding hydrogens is 312 g/mol. The summed E-state index contributed by atoms with van der Waals surface area (Å²) in [6, 6.07) is 1.56. The third-order valence-corrected chi connectivity index (χ3v) is 6.87. The molecule has 1 aromatic rings. The zero-order valence-corrected chi connectivity index (χ0v) is 13.3. The minimum absolute atomic E-state index is 0.261. The van der Waals surface area contributed by atoms with Gasteiger partial charge in [-0.1, -0.05) is 0 Å². The molecular formula is C14H19F2N3O2S. The first kappa shape index (κ1) is 15.6. The van der Waals surface area contributed by atoms with Gasteiger partial charge >= 0.3 is 0 Å². The third-order valence-electron chi connectivity index (χ3n) is 4.37. The Kier molecular flexibility index (Phi) is 3.86. The van der Waals surface area contributed by atoms with E-state index in [4.69, 9.17) is 0 Å². The maximum Gasteiger partial charge on any atom is 0.241 e. The Morgan fingerprint density at radius 1 is 1.14 bits per heavy atom. The lowest BCUT2D eigenvalue weighted by molar-refractivity contribution is 0.505. The average Bonchev–Trinajstić information content (AvgIpc) is 2.79. The quantitative estimate of drug-likeness (QED) is 0.858. The minimum atomic E-state index is -3.68. The van der Waals surface area contributed by atoms with Gasteiger partial charge in [-0.3, -0.25) is 15.2 Å². The molecule has 5 nitrogen and oxygen atoms in total. The number of nitrogens with zero attached hydrogens (tertiary/aromatic N) is 1. The van der Waals surface area contributed by atoms with E-state index in [9.17, 15) is 17.2 Å². The van der Waals surface area contributed by atoms with E-state index in [-0.39, 0.29) is 24.3 Å². The number of anilines is 1. The Balaban J connectivity index is 2.05. The number of benzene rings is 1. The van der Waals surface area contributed by atoms with Crippen molar-refractivity contribution in [3.05, 3.63) is 29.3 Å². The molecule has 0 saturated carbocycles. The molecule has 0 bridgehead atoms. The summed E-state index contributed by atoms with van der Waals surface area (Å²) in [4.78, 5) is 0. The first-order valence-electron chi connectivity index (χ1n) is 7.33. The Labute approximate surface area is 128 Å². The highest BCUT2D eigenvalue weighted by atomic mass is 32.2. The van der Waals surface area contributed by atoms with Gasteiger partial charge in [0.2, 0.25) is 10.0 Å². The summed E-state index contributed by atoms with van der Waals surface area (Å²) in [5.74, 6) is -1.96. The van der Waals surface area contributed by atoms with Crippen LogP contribution >= 0.6 is 0 Å². The van der Waals surface area contributed by atoms with E-state index in [1.807, 2.05) is 0 Å². The first-order valence-corrected chi connectivity index (χ1v) is 8.83. The van der Waals surface area contributed by atoms with Crippen LogP contribution in [0.4, 0.5) is 14.5 Å². The van der Waals surface area contributed by atoms with E-state index in [0.29, 0.717) is 18.4 Å². The van der Waals surface area contributed by atoms with Gasteiger partial charge in [-0.15, -0.1) is 0 Å². The number of hydrogen-bond acceptors (Lipinski definition) is 4. The largest absolute Gasteiger partial charge is 0.270 e. The van der Waals surface area contributed by atoms with Crippen LogP contribution in [-0.4, -0.2) is 32.3 Å². The van der Waals surface area contributed by atoms with Crippen LogP contribution in [0, 0.1) is 11.6 Å². The molecule has 0 radical (unpaired) electrons. The molecule has 2 aliphatic rings. The summed E-state index contributed by atoms with van der Waals surface area (Å²) in [6.07, 6.45) is 1.14. The van der Waals surface area contributed by atoms with E-state index in [1.165, 1.54) is 4.31 Å². The van der Waals surface area contributed by atoms with Crippen molar-refractivity contribution in [2.75, 3.05) is 10.8 Å². The second kappa shape index (κ2) is 5.43. The Morgan fingerprint density at radius 3 is 2.36 bits per heavy atom. The second-order valence-corrected chi connectivity index (χ2v) is 7.96. The van der Waals surface area contributed by atoms with E-state index >= 15 is 0 Å². The summed E-state index contributed by atoms with van der Waals surface area (Å²) >= 11 is 0. The number of aryl methyl sites for hydroxylation is 1. The van der Waals surface area contributed by atoms with Crippen LogP contribution in [-0.2, 0) is 16.4 Å². The summed E-state index contributed by atoms with van der Waals surface area (Å²) in [5.41, 5.74) is 6.63. The number of halogens is 2. The van der Waals surface area contributed by atoms with E-state index in [1.54, 1.807) is 13.8 Å². The number of rotatable bonds is 2. The van der Waals surface area contributed by atoms with Crippen molar-refractivity contribution in [3.63, 3.8) is 0 Å². The fraction of sp³-hybridized carbons (Fsp3) is 0.571. The van der Waals surface area contributed by atoms with Gasteiger partial charge in [0, 0.05) is 24.7 Å². The SMILES string of the molecule is CC1NNC(C)C1S(=O)(=O)N1CCCc2cc(F)c(F)cc21. The van der Waals surface area contributed by atoms with E-state index in [0.717, 1.165) is 12.1 Å². The van der Waals surface area contributed by atoms with Crippen molar-refractivity contribution >= 4 is 15.7 Å². The van der Waals surface area contributed by atoms with Crippen LogP contribution in [0.25, 0.3) is 0 Å². The fourth-order valence-corrected chi connectivity index (χ4v) is 5.62. The van der Waals surface area contributed by atoms with Gasteiger partial charge in [-0.2, -0.15) is 0 Å². The number of nitrogens with one attached hydrogen (secondary N) is 2. The molecule has 2 aliphatic heterocycles. The van der Waals surface area contributed by atoms with Gasteiger partial charge in [0.1, 0.15) is 5.25 Å². The van der Waals surface area contributed by atoms with Crippen molar-refractivity contribution in [2.24, 2.45) is 0 Å². The molecule has 1 aromatic carbocycles. The van der Waals surface area contributed by atoms with Crippen molar-refractivity contribution in [2.45, 2.75) is 44.0 Å². The predicted molar refractivity (Wildman–Crippen MR) is 79.9 cm³/mol. The Hall–Kier alpha value is -1.25. The van der Waals surface area contributed by atoms with Gasteiger partial charge in [-0.05, 0) is 38.3 Å². The molecule has 3 rings (SSSR count). The summed E-state index contributed by atoms with van der Waals surface area (Å²) in [7, 11) is -3.68. The van der Waals surface area contributed by atoms with Crippen molar-refractivity contribution < 1.29 is 17.2 Å². The highest BCUT2D eigenvalue weighted by molar-refractivity contribution is 7.93. The summed E-state index contributed by atoms with van der Waals surface area (Å²) < 4.78 is 54.2.